The van der Waals surface area contributed by atoms with Crippen molar-refractivity contribution in [3.63, 3.8) is 0 Å². The Balaban J connectivity index is 1.63. The molecule has 0 aliphatic carbocycles. The lowest BCUT2D eigenvalue weighted by Gasteiger charge is -2.17. The number of benzene rings is 2. The standard InChI is InChI=1S/C25H19NO10/c1-3-30-23(27)12-8-13-16(22-21(12)34-10-35-22)17(24(28)31-4-2)18-19(26-13)25(29)36-20(18)11-5-6-14-15(7-11)33-9-32-14/h5-8,20H,3-4,9-10H2,1-2H3. The molecule has 1 unspecified atom stereocenters. The average molecular weight is 493 g/mol. The number of carbonyl (C=O) groups excluding carboxylic acids is 3. The van der Waals surface area contributed by atoms with Crippen molar-refractivity contribution < 1.29 is 47.5 Å². The molecule has 11 heteroatoms. The number of cyclic esters (lactones) is 1. The van der Waals surface area contributed by atoms with Gasteiger partial charge in [0, 0.05) is 11.1 Å². The molecule has 36 heavy (non-hydrogen) atoms. The molecule has 0 amide bonds. The van der Waals surface area contributed by atoms with E-state index in [-0.39, 0.29) is 71.6 Å². The number of aromatic nitrogens is 1. The molecular weight excluding hydrogens is 474 g/mol. The second kappa shape index (κ2) is 8.29. The highest BCUT2D eigenvalue weighted by molar-refractivity contribution is 6.14. The zero-order valence-corrected chi connectivity index (χ0v) is 19.2. The van der Waals surface area contributed by atoms with E-state index in [2.05, 4.69) is 4.98 Å². The maximum atomic E-state index is 13.4. The lowest BCUT2D eigenvalue weighted by molar-refractivity contribution is 0.0438. The van der Waals surface area contributed by atoms with Gasteiger partial charge < -0.3 is 33.2 Å². The van der Waals surface area contributed by atoms with Gasteiger partial charge in [0.05, 0.1) is 29.7 Å². The topological polar surface area (TPSA) is 129 Å². The predicted molar refractivity (Wildman–Crippen MR) is 120 cm³/mol. The summed E-state index contributed by atoms with van der Waals surface area (Å²) in [5, 5.41) is 0.247. The third-order valence-corrected chi connectivity index (χ3v) is 5.98. The van der Waals surface area contributed by atoms with E-state index in [0.717, 1.165) is 0 Å². The molecule has 6 rings (SSSR count). The van der Waals surface area contributed by atoms with E-state index in [1.54, 1.807) is 32.0 Å². The van der Waals surface area contributed by atoms with Crippen LogP contribution in [0.5, 0.6) is 23.0 Å². The molecule has 1 aromatic heterocycles. The highest BCUT2D eigenvalue weighted by Gasteiger charge is 2.42. The van der Waals surface area contributed by atoms with Gasteiger partial charge in [-0.15, -0.1) is 0 Å². The second-order valence-electron chi connectivity index (χ2n) is 7.97. The van der Waals surface area contributed by atoms with Crippen molar-refractivity contribution in [1.29, 1.82) is 0 Å². The van der Waals surface area contributed by atoms with Gasteiger partial charge in [-0.2, -0.15) is 0 Å². The maximum absolute atomic E-state index is 13.4. The average Bonchev–Trinajstić information content (AvgIpc) is 3.61. The minimum atomic E-state index is -0.971. The third-order valence-electron chi connectivity index (χ3n) is 5.98. The van der Waals surface area contributed by atoms with E-state index in [1.165, 1.54) is 6.07 Å². The number of esters is 3. The summed E-state index contributed by atoms with van der Waals surface area (Å²) >= 11 is 0. The summed E-state index contributed by atoms with van der Waals surface area (Å²) in [6, 6.07) is 6.50. The van der Waals surface area contributed by atoms with Gasteiger partial charge in [0.15, 0.2) is 34.8 Å². The Bertz CT molecular complexity index is 1460. The Morgan fingerprint density at radius 3 is 2.47 bits per heavy atom. The molecule has 184 valence electrons. The van der Waals surface area contributed by atoms with Crippen molar-refractivity contribution in [2.24, 2.45) is 0 Å². The number of ether oxygens (including phenoxy) is 7. The zero-order valence-electron chi connectivity index (χ0n) is 19.2. The van der Waals surface area contributed by atoms with E-state index in [1.807, 2.05) is 0 Å². The Labute approximate surface area is 203 Å². The fourth-order valence-corrected chi connectivity index (χ4v) is 4.54. The van der Waals surface area contributed by atoms with E-state index in [0.29, 0.717) is 17.1 Å². The number of nitrogens with zero attached hydrogens (tertiary/aromatic N) is 1. The minimum absolute atomic E-state index is 0.0440. The van der Waals surface area contributed by atoms with E-state index < -0.39 is 24.0 Å². The summed E-state index contributed by atoms with van der Waals surface area (Å²) in [6.07, 6.45) is -0.971. The number of hydrogen-bond acceptors (Lipinski definition) is 11. The molecule has 0 fully saturated rings. The molecule has 11 nitrogen and oxygen atoms in total. The molecule has 3 aliphatic heterocycles. The maximum Gasteiger partial charge on any atom is 0.358 e. The van der Waals surface area contributed by atoms with Crippen LogP contribution in [0.15, 0.2) is 24.3 Å². The molecule has 0 saturated heterocycles. The van der Waals surface area contributed by atoms with Gasteiger partial charge in [-0.05, 0) is 32.0 Å². The van der Waals surface area contributed by atoms with Crippen LogP contribution in [0.3, 0.4) is 0 Å². The molecule has 4 heterocycles. The molecule has 0 bridgehead atoms. The summed E-state index contributed by atoms with van der Waals surface area (Å²) in [7, 11) is 0. The molecular formula is C25H19NO10. The molecule has 3 aromatic rings. The van der Waals surface area contributed by atoms with Crippen molar-refractivity contribution in [2.75, 3.05) is 26.8 Å². The lowest BCUT2D eigenvalue weighted by atomic mass is 9.92. The first kappa shape index (κ1) is 22.0. The molecule has 0 N–H and O–H groups in total. The van der Waals surface area contributed by atoms with Crippen molar-refractivity contribution >= 4 is 28.8 Å². The monoisotopic (exact) mass is 493 g/mol. The Morgan fingerprint density at radius 1 is 0.944 bits per heavy atom. The van der Waals surface area contributed by atoms with E-state index >= 15 is 0 Å². The number of fused-ring (bicyclic) bond motifs is 5. The normalized spacial score (nSPS) is 16.6. The zero-order chi connectivity index (χ0) is 25.0. The van der Waals surface area contributed by atoms with Crippen LogP contribution in [-0.4, -0.2) is 49.7 Å². The van der Waals surface area contributed by atoms with Gasteiger partial charge in [-0.1, -0.05) is 6.07 Å². The fourth-order valence-electron chi connectivity index (χ4n) is 4.54. The van der Waals surface area contributed by atoms with Crippen molar-refractivity contribution in [3.8, 4) is 23.0 Å². The molecule has 0 saturated carbocycles. The lowest BCUT2D eigenvalue weighted by Crippen LogP contribution is -2.14. The van der Waals surface area contributed by atoms with Crippen LogP contribution in [-0.2, 0) is 14.2 Å². The number of carbonyl (C=O) groups is 3. The first-order valence-corrected chi connectivity index (χ1v) is 11.3. The Hall–Kier alpha value is -4.54. The van der Waals surface area contributed by atoms with Crippen molar-refractivity contribution in [3.05, 3.63) is 52.2 Å². The van der Waals surface area contributed by atoms with Crippen LogP contribution in [0.2, 0.25) is 0 Å². The summed E-state index contributed by atoms with van der Waals surface area (Å²) in [4.78, 5) is 43.4. The van der Waals surface area contributed by atoms with Crippen molar-refractivity contribution in [2.45, 2.75) is 20.0 Å². The SMILES string of the molecule is CCOC(=O)c1cc2nc3c(c(C(=O)OCC)c2c2c1OCO2)C(c1ccc2c(c1)OCO2)OC3=O. The van der Waals surface area contributed by atoms with Crippen LogP contribution in [0.25, 0.3) is 10.9 Å². The molecule has 0 radical (unpaired) electrons. The summed E-state index contributed by atoms with van der Waals surface area (Å²) < 4.78 is 38.3. The van der Waals surface area contributed by atoms with Crippen LogP contribution >= 0.6 is 0 Å². The molecule has 0 spiro atoms. The van der Waals surface area contributed by atoms with Crippen LogP contribution in [0.4, 0.5) is 0 Å². The largest absolute Gasteiger partial charge is 0.462 e. The molecule has 3 aliphatic rings. The van der Waals surface area contributed by atoms with Gasteiger partial charge in [0.1, 0.15) is 5.56 Å². The molecule has 1 atom stereocenters. The Kier molecular flexibility index (Phi) is 5.06. The van der Waals surface area contributed by atoms with E-state index in [4.69, 9.17) is 33.2 Å². The van der Waals surface area contributed by atoms with Crippen LogP contribution < -0.4 is 18.9 Å². The number of pyridine rings is 1. The summed E-state index contributed by atoms with van der Waals surface area (Å²) in [5.74, 6) is -0.777. The van der Waals surface area contributed by atoms with Gasteiger partial charge >= 0.3 is 17.9 Å². The highest BCUT2D eigenvalue weighted by Crippen LogP contribution is 2.49. The van der Waals surface area contributed by atoms with Gasteiger partial charge in [-0.25, -0.2) is 19.4 Å². The Morgan fingerprint density at radius 2 is 1.67 bits per heavy atom. The quantitative estimate of drug-likeness (QED) is 0.383. The number of hydrogen-bond donors (Lipinski definition) is 0. The van der Waals surface area contributed by atoms with Gasteiger partial charge in [-0.3, -0.25) is 0 Å². The summed E-state index contributed by atoms with van der Waals surface area (Å²) in [5.41, 5.74) is 0.982. The fraction of sp³-hybridized carbons (Fsp3) is 0.280. The third kappa shape index (κ3) is 3.19. The first-order valence-electron chi connectivity index (χ1n) is 11.3. The summed E-state index contributed by atoms with van der Waals surface area (Å²) in [6.45, 7) is 3.46. The minimum Gasteiger partial charge on any atom is -0.462 e. The second-order valence-corrected chi connectivity index (χ2v) is 7.97. The molecule has 2 aromatic carbocycles. The van der Waals surface area contributed by atoms with Crippen LogP contribution in [0.1, 0.15) is 62.3 Å². The highest BCUT2D eigenvalue weighted by atomic mass is 16.7. The van der Waals surface area contributed by atoms with Crippen molar-refractivity contribution in [1.82, 2.24) is 4.98 Å². The number of rotatable bonds is 5. The first-order chi connectivity index (χ1) is 17.5. The van der Waals surface area contributed by atoms with Gasteiger partial charge in [0.2, 0.25) is 13.6 Å². The smallest absolute Gasteiger partial charge is 0.358 e. The predicted octanol–water partition coefficient (Wildman–Crippen LogP) is 3.31. The van der Waals surface area contributed by atoms with E-state index in [9.17, 15) is 14.4 Å². The van der Waals surface area contributed by atoms with Gasteiger partial charge in [0.25, 0.3) is 0 Å². The van der Waals surface area contributed by atoms with Crippen LogP contribution in [0, 0.1) is 0 Å².